The van der Waals surface area contributed by atoms with Crippen molar-refractivity contribution in [1.29, 1.82) is 0 Å². The highest BCUT2D eigenvalue weighted by atomic mass is 16.5. The minimum Gasteiger partial charge on any atom is -0.497 e. The van der Waals surface area contributed by atoms with Crippen LogP contribution in [0.15, 0.2) is 54.7 Å². The molecule has 0 aliphatic rings. The summed E-state index contributed by atoms with van der Waals surface area (Å²) in [6.07, 6.45) is 2.63. The fourth-order valence-electron chi connectivity index (χ4n) is 2.39. The quantitative estimate of drug-likeness (QED) is 0.687. The molecule has 6 nitrogen and oxygen atoms in total. The fourth-order valence-corrected chi connectivity index (χ4v) is 2.39. The van der Waals surface area contributed by atoms with Crippen LogP contribution < -0.4 is 15.4 Å². The van der Waals surface area contributed by atoms with Crippen molar-refractivity contribution < 1.29 is 4.74 Å². The van der Waals surface area contributed by atoms with Crippen molar-refractivity contribution in [2.45, 2.75) is 13.3 Å². The van der Waals surface area contributed by atoms with Crippen molar-refractivity contribution in [2.75, 3.05) is 24.3 Å². The predicted octanol–water partition coefficient (Wildman–Crippen LogP) is 3.59. The molecule has 0 atom stereocenters. The molecule has 2 heterocycles. The number of anilines is 3. The number of hydrogen-bond acceptors (Lipinski definition) is 6. The molecule has 128 valence electrons. The smallest absolute Gasteiger partial charge is 0.230 e. The molecule has 0 radical (unpaired) electrons. The Balaban J connectivity index is 1.60. The van der Waals surface area contributed by atoms with Gasteiger partial charge in [-0.05, 0) is 43.2 Å². The van der Waals surface area contributed by atoms with E-state index in [1.807, 2.05) is 43.3 Å². The van der Waals surface area contributed by atoms with E-state index in [9.17, 15) is 0 Å². The zero-order valence-electron chi connectivity index (χ0n) is 14.4. The van der Waals surface area contributed by atoms with Crippen LogP contribution in [0.25, 0.3) is 0 Å². The molecule has 2 N–H and O–H groups in total. The summed E-state index contributed by atoms with van der Waals surface area (Å²) in [5.41, 5.74) is 2.13. The van der Waals surface area contributed by atoms with Gasteiger partial charge in [0.15, 0.2) is 0 Å². The molecule has 0 fully saturated rings. The first kappa shape index (κ1) is 16.7. The van der Waals surface area contributed by atoms with Crippen LogP contribution in [0, 0.1) is 6.92 Å². The molecular formula is C19H21N5O. The summed E-state index contributed by atoms with van der Waals surface area (Å²) in [4.78, 5) is 13.1. The van der Waals surface area contributed by atoms with Gasteiger partial charge in [-0.3, -0.25) is 0 Å². The summed E-state index contributed by atoms with van der Waals surface area (Å²) in [7, 11) is 1.67. The number of rotatable bonds is 7. The molecule has 25 heavy (non-hydrogen) atoms. The van der Waals surface area contributed by atoms with Gasteiger partial charge in [0.2, 0.25) is 5.95 Å². The normalized spacial score (nSPS) is 10.3. The number of methoxy groups -OCH3 is 1. The Bertz CT molecular complexity index is 806. The van der Waals surface area contributed by atoms with Crippen LogP contribution >= 0.6 is 0 Å². The lowest BCUT2D eigenvalue weighted by molar-refractivity contribution is 0.414. The Morgan fingerprint density at radius 1 is 1.00 bits per heavy atom. The number of nitrogens with zero attached hydrogens (tertiary/aromatic N) is 3. The van der Waals surface area contributed by atoms with Gasteiger partial charge in [0, 0.05) is 24.5 Å². The van der Waals surface area contributed by atoms with Gasteiger partial charge in [0.1, 0.15) is 17.4 Å². The first-order chi connectivity index (χ1) is 12.2. The maximum atomic E-state index is 5.17. The van der Waals surface area contributed by atoms with E-state index in [-0.39, 0.29) is 0 Å². The number of benzene rings is 1. The van der Waals surface area contributed by atoms with Crippen molar-refractivity contribution >= 4 is 17.6 Å². The first-order valence-corrected chi connectivity index (χ1v) is 8.13. The van der Waals surface area contributed by atoms with Gasteiger partial charge >= 0.3 is 0 Å². The summed E-state index contributed by atoms with van der Waals surface area (Å²) < 4.78 is 5.17. The van der Waals surface area contributed by atoms with Gasteiger partial charge in [-0.25, -0.2) is 9.97 Å². The van der Waals surface area contributed by atoms with E-state index in [0.717, 1.165) is 36.0 Å². The summed E-state index contributed by atoms with van der Waals surface area (Å²) >= 11 is 0. The molecule has 0 saturated heterocycles. The van der Waals surface area contributed by atoms with Gasteiger partial charge in [-0.15, -0.1) is 0 Å². The molecule has 1 aromatic carbocycles. The van der Waals surface area contributed by atoms with Crippen LogP contribution in [-0.2, 0) is 6.42 Å². The van der Waals surface area contributed by atoms with Crippen molar-refractivity contribution in [1.82, 2.24) is 15.0 Å². The molecule has 2 aromatic heterocycles. The third-order valence-electron chi connectivity index (χ3n) is 3.64. The van der Waals surface area contributed by atoms with Crippen molar-refractivity contribution in [2.24, 2.45) is 0 Å². The summed E-state index contributed by atoms with van der Waals surface area (Å²) in [5, 5.41) is 6.46. The van der Waals surface area contributed by atoms with Gasteiger partial charge in [0.25, 0.3) is 0 Å². The van der Waals surface area contributed by atoms with Gasteiger partial charge < -0.3 is 15.4 Å². The Hall–Kier alpha value is -3.15. The number of hydrogen-bond donors (Lipinski definition) is 2. The Morgan fingerprint density at radius 3 is 2.56 bits per heavy atom. The monoisotopic (exact) mass is 335 g/mol. The number of aromatic nitrogens is 3. The van der Waals surface area contributed by atoms with Crippen LogP contribution in [-0.4, -0.2) is 28.6 Å². The average Bonchev–Trinajstić information content (AvgIpc) is 2.63. The highest BCUT2D eigenvalue weighted by Gasteiger charge is 2.03. The average molecular weight is 335 g/mol. The molecule has 0 spiro atoms. The Kier molecular flexibility index (Phi) is 5.41. The second kappa shape index (κ2) is 8.10. The Labute approximate surface area is 147 Å². The molecule has 6 heteroatoms. The third kappa shape index (κ3) is 4.91. The molecule has 0 aliphatic carbocycles. The van der Waals surface area contributed by atoms with E-state index < -0.39 is 0 Å². The molecular weight excluding hydrogens is 314 g/mol. The lowest BCUT2D eigenvalue weighted by Crippen LogP contribution is -2.09. The van der Waals surface area contributed by atoms with Crippen LogP contribution in [0.3, 0.4) is 0 Å². The SMILES string of the molecule is COc1ccc(CCNc2cc(C)nc(Nc3ccccn3)n2)cc1. The maximum absolute atomic E-state index is 5.17. The predicted molar refractivity (Wildman–Crippen MR) is 99.5 cm³/mol. The molecule has 0 amide bonds. The molecule has 0 unspecified atom stereocenters. The van der Waals surface area contributed by atoms with E-state index in [1.165, 1.54) is 5.56 Å². The van der Waals surface area contributed by atoms with E-state index in [4.69, 9.17) is 4.74 Å². The second-order valence-corrected chi connectivity index (χ2v) is 5.58. The Morgan fingerprint density at radius 2 is 1.84 bits per heavy atom. The largest absolute Gasteiger partial charge is 0.497 e. The van der Waals surface area contributed by atoms with Crippen LogP contribution in [0.1, 0.15) is 11.3 Å². The van der Waals surface area contributed by atoms with Crippen molar-refractivity contribution in [3.63, 3.8) is 0 Å². The first-order valence-electron chi connectivity index (χ1n) is 8.13. The van der Waals surface area contributed by atoms with Gasteiger partial charge in [-0.1, -0.05) is 18.2 Å². The number of aryl methyl sites for hydroxylation is 1. The molecule has 0 bridgehead atoms. The lowest BCUT2D eigenvalue weighted by Gasteiger charge is -2.10. The highest BCUT2D eigenvalue weighted by Crippen LogP contribution is 2.15. The molecule has 3 aromatic rings. The van der Waals surface area contributed by atoms with E-state index >= 15 is 0 Å². The summed E-state index contributed by atoms with van der Waals surface area (Å²) in [6.45, 7) is 2.73. The fraction of sp³-hybridized carbons (Fsp3) is 0.211. The minimum absolute atomic E-state index is 0.533. The zero-order chi connectivity index (χ0) is 17.5. The highest BCUT2D eigenvalue weighted by molar-refractivity contribution is 5.51. The number of pyridine rings is 1. The molecule has 0 saturated carbocycles. The standard InChI is InChI=1S/C19H21N5O/c1-14-13-18(21-12-10-15-6-8-16(25-2)9-7-15)24-19(22-14)23-17-5-3-4-11-20-17/h3-9,11,13H,10,12H2,1-2H3,(H2,20,21,22,23,24). The zero-order valence-corrected chi connectivity index (χ0v) is 14.4. The molecule has 0 aliphatic heterocycles. The topological polar surface area (TPSA) is 72.0 Å². The minimum atomic E-state index is 0.533. The van der Waals surface area contributed by atoms with Crippen LogP contribution in [0.5, 0.6) is 5.75 Å². The van der Waals surface area contributed by atoms with Crippen LogP contribution in [0.4, 0.5) is 17.6 Å². The second-order valence-electron chi connectivity index (χ2n) is 5.58. The van der Waals surface area contributed by atoms with Gasteiger partial charge in [0.05, 0.1) is 7.11 Å². The third-order valence-corrected chi connectivity index (χ3v) is 3.64. The maximum Gasteiger partial charge on any atom is 0.230 e. The van der Waals surface area contributed by atoms with E-state index in [0.29, 0.717) is 5.95 Å². The summed E-state index contributed by atoms with van der Waals surface area (Å²) in [5.74, 6) is 2.91. The lowest BCUT2D eigenvalue weighted by atomic mass is 10.1. The van der Waals surface area contributed by atoms with E-state index in [2.05, 4.69) is 37.7 Å². The summed E-state index contributed by atoms with van der Waals surface area (Å²) in [6, 6.07) is 15.7. The van der Waals surface area contributed by atoms with Gasteiger partial charge in [-0.2, -0.15) is 4.98 Å². The van der Waals surface area contributed by atoms with Crippen molar-refractivity contribution in [3.05, 3.63) is 66.0 Å². The number of ether oxygens (including phenoxy) is 1. The van der Waals surface area contributed by atoms with Crippen LogP contribution in [0.2, 0.25) is 0 Å². The van der Waals surface area contributed by atoms with Crippen molar-refractivity contribution in [3.8, 4) is 5.75 Å². The molecule has 3 rings (SSSR count). The van der Waals surface area contributed by atoms with E-state index in [1.54, 1.807) is 13.3 Å². The number of nitrogens with one attached hydrogen (secondary N) is 2.